The number of primary amides is 1. The molecule has 0 spiro atoms. The number of benzene rings is 2. The van der Waals surface area contributed by atoms with Crippen molar-refractivity contribution >= 4 is 17.3 Å². The number of hydrogen-bond acceptors (Lipinski definition) is 8. The molecule has 2 aromatic carbocycles. The minimum absolute atomic E-state index is 0.107. The van der Waals surface area contributed by atoms with Gasteiger partial charge in [0.1, 0.15) is 5.75 Å². The molecule has 1 amide bonds. The molecule has 182 valence electrons. The van der Waals surface area contributed by atoms with E-state index in [4.69, 9.17) is 15.0 Å². The molecule has 35 heavy (non-hydrogen) atoms. The van der Waals surface area contributed by atoms with Gasteiger partial charge in [0.25, 0.3) is 5.91 Å². The van der Waals surface area contributed by atoms with Crippen molar-refractivity contribution in [2.75, 3.05) is 32.1 Å². The average molecular weight is 476 g/mol. The number of amides is 1. The highest BCUT2D eigenvalue weighted by Crippen LogP contribution is 2.42. The number of aliphatic hydroxyl groups is 1. The molecule has 2 aliphatic rings. The molecule has 9 heteroatoms. The van der Waals surface area contributed by atoms with E-state index in [0.29, 0.717) is 36.3 Å². The molecular weight excluding hydrogens is 446 g/mol. The van der Waals surface area contributed by atoms with Gasteiger partial charge < -0.3 is 29.9 Å². The lowest BCUT2D eigenvalue weighted by Crippen LogP contribution is -2.45. The molecule has 1 fully saturated rings. The molecule has 1 unspecified atom stereocenters. The van der Waals surface area contributed by atoms with Crippen LogP contribution in [0.5, 0.6) is 5.75 Å². The summed E-state index contributed by atoms with van der Waals surface area (Å²) in [5, 5.41) is 15.1. The molecule has 2 aliphatic heterocycles. The van der Waals surface area contributed by atoms with Gasteiger partial charge in [-0.3, -0.25) is 4.79 Å². The molecule has 1 atom stereocenters. The van der Waals surface area contributed by atoms with Gasteiger partial charge in [-0.1, -0.05) is 29.4 Å². The summed E-state index contributed by atoms with van der Waals surface area (Å²) >= 11 is 0. The van der Waals surface area contributed by atoms with Gasteiger partial charge in [0, 0.05) is 42.9 Å². The zero-order valence-electron chi connectivity index (χ0n) is 20.1. The Morgan fingerprint density at radius 2 is 1.91 bits per heavy atom. The minimum Gasteiger partial charge on any atom is -0.497 e. The molecule has 0 bridgehead atoms. The number of aliphatic hydroxyl groups excluding tert-OH is 1. The number of rotatable bonds is 5. The fourth-order valence-corrected chi connectivity index (χ4v) is 5.00. The van der Waals surface area contributed by atoms with E-state index < -0.39 is 12.1 Å². The Hall–Kier alpha value is -3.85. The smallest absolute Gasteiger partial charge is 0.251 e. The highest BCUT2D eigenvalue weighted by molar-refractivity contribution is 6.04. The Balaban J connectivity index is 1.42. The van der Waals surface area contributed by atoms with Crippen LogP contribution in [0.15, 0.2) is 52.6 Å². The van der Waals surface area contributed by atoms with Crippen molar-refractivity contribution < 1.29 is 19.2 Å². The third-order valence-electron chi connectivity index (χ3n) is 6.97. The molecular formula is C26H29N5O4. The Bertz CT molecular complexity index is 1290. The second-order valence-electron chi connectivity index (χ2n) is 9.03. The molecule has 3 N–H and O–H groups in total. The zero-order chi connectivity index (χ0) is 24.7. The Labute approximate surface area is 203 Å². The Morgan fingerprint density at radius 1 is 1.17 bits per heavy atom. The third-order valence-corrected chi connectivity index (χ3v) is 6.97. The molecule has 1 aromatic heterocycles. The van der Waals surface area contributed by atoms with Crippen LogP contribution < -0.4 is 15.4 Å². The fraction of sp³-hybridized carbons (Fsp3) is 0.346. The van der Waals surface area contributed by atoms with Crippen LogP contribution in [-0.2, 0) is 4.79 Å². The van der Waals surface area contributed by atoms with Crippen LogP contribution in [0.3, 0.4) is 0 Å². The standard InChI is InChI=1S/C26H29N5O4/c1-15-6-4-5-7-18(15)24-28-25(35-29-24)16-10-12-31(13-11-16)22-19-14-17(34-3)8-9-20(19)30(2)26(33)21(22)23(27)32/h4-9,14,16,26,33H,10-13H2,1-3H3,(H2,27,32). The SMILES string of the molecule is COc1ccc2c(c1)C(N1CCC(c3nc(-c4ccccc4C)no3)CC1)=C(C(N)=O)C(O)N2C. The Kier molecular flexibility index (Phi) is 5.94. The second kappa shape index (κ2) is 9.07. The average Bonchev–Trinajstić information content (AvgIpc) is 3.36. The monoisotopic (exact) mass is 475 g/mol. The number of carbonyl (C=O) groups is 1. The Morgan fingerprint density at radius 3 is 2.60 bits per heavy atom. The number of hydrogen-bond donors (Lipinski definition) is 2. The summed E-state index contributed by atoms with van der Waals surface area (Å²) in [5.74, 6) is 1.35. The van der Waals surface area contributed by atoms with Crippen LogP contribution in [-0.4, -0.2) is 59.5 Å². The highest BCUT2D eigenvalue weighted by atomic mass is 16.5. The lowest BCUT2D eigenvalue weighted by molar-refractivity contribution is -0.115. The number of nitrogens with two attached hydrogens (primary N) is 1. The van der Waals surface area contributed by atoms with E-state index in [-0.39, 0.29) is 11.5 Å². The summed E-state index contributed by atoms with van der Waals surface area (Å²) in [6, 6.07) is 13.6. The van der Waals surface area contributed by atoms with Crippen molar-refractivity contribution in [1.82, 2.24) is 15.0 Å². The topological polar surface area (TPSA) is 118 Å². The zero-order valence-corrected chi connectivity index (χ0v) is 20.1. The van der Waals surface area contributed by atoms with Crippen LogP contribution in [0.25, 0.3) is 17.1 Å². The van der Waals surface area contributed by atoms with Gasteiger partial charge in [0.15, 0.2) is 6.23 Å². The van der Waals surface area contributed by atoms with E-state index in [9.17, 15) is 9.90 Å². The van der Waals surface area contributed by atoms with E-state index in [1.54, 1.807) is 19.1 Å². The van der Waals surface area contributed by atoms with E-state index in [0.717, 1.165) is 35.2 Å². The first-order valence-corrected chi connectivity index (χ1v) is 11.7. The highest BCUT2D eigenvalue weighted by Gasteiger charge is 2.37. The van der Waals surface area contributed by atoms with E-state index >= 15 is 0 Å². The first-order chi connectivity index (χ1) is 16.9. The number of likely N-dealkylation sites (tertiary alicyclic amines) is 1. The van der Waals surface area contributed by atoms with Crippen molar-refractivity contribution in [1.29, 1.82) is 0 Å². The second-order valence-corrected chi connectivity index (χ2v) is 9.03. The van der Waals surface area contributed by atoms with Crippen molar-refractivity contribution in [2.24, 2.45) is 5.73 Å². The summed E-state index contributed by atoms with van der Waals surface area (Å²) in [5.41, 5.74) is 10.3. The number of fused-ring (bicyclic) bond motifs is 1. The summed E-state index contributed by atoms with van der Waals surface area (Å²) in [6.07, 6.45) is 0.389. The van der Waals surface area contributed by atoms with Gasteiger partial charge in [-0.2, -0.15) is 4.98 Å². The maximum Gasteiger partial charge on any atom is 0.251 e. The quantitative estimate of drug-likeness (QED) is 0.578. The molecule has 3 heterocycles. The fourth-order valence-electron chi connectivity index (χ4n) is 5.00. The van der Waals surface area contributed by atoms with Gasteiger partial charge in [0.05, 0.1) is 18.4 Å². The number of carbonyl (C=O) groups excluding carboxylic acids is 1. The summed E-state index contributed by atoms with van der Waals surface area (Å²) in [6.45, 7) is 3.31. The summed E-state index contributed by atoms with van der Waals surface area (Å²) in [4.78, 5) is 20.9. The lowest BCUT2D eigenvalue weighted by atomic mass is 9.91. The number of piperidine rings is 1. The minimum atomic E-state index is -1.13. The van der Waals surface area contributed by atoms with Crippen molar-refractivity contribution in [3.63, 3.8) is 0 Å². The number of methoxy groups -OCH3 is 1. The molecule has 0 radical (unpaired) electrons. The van der Waals surface area contributed by atoms with E-state index in [1.165, 1.54) is 0 Å². The van der Waals surface area contributed by atoms with E-state index in [1.807, 2.05) is 49.4 Å². The molecule has 0 aliphatic carbocycles. The van der Waals surface area contributed by atoms with Crippen molar-refractivity contribution in [3.05, 3.63) is 65.1 Å². The third kappa shape index (κ3) is 4.01. The molecule has 9 nitrogen and oxygen atoms in total. The largest absolute Gasteiger partial charge is 0.497 e. The van der Waals surface area contributed by atoms with Crippen LogP contribution in [0.4, 0.5) is 5.69 Å². The van der Waals surface area contributed by atoms with Gasteiger partial charge in [-0.25, -0.2) is 0 Å². The molecule has 5 rings (SSSR count). The number of anilines is 1. The normalized spacial score (nSPS) is 18.6. The number of ether oxygens (including phenoxy) is 1. The number of aromatic nitrogens is 2. The summed E-state index contributed by atoms with van der Waals surface area (Å²) in [7, 11) is 3.34. The summed E-state index contributed by atoms with van der Waals surface area (Å²) < 4.78 is 11.1. The van der Waals surface area contributed by atoms with Crippen molar-refractivity contribution in [3.8, 4) is 17.1 Å². The predicted molar refractivity (Wildman–Crippen MR) is 132 cm³/mol. The molecule has 1 saturated heterocycles. The first-order valence-electron chi connectivity index (χ1n) is 11.7. The van der Waals surface area contributed by atoms with Crippen LogP contribution in [0.1, 0.15) is 35.8 Å². The van der Waals surface area contributed by atoms with Gasteiger partial charge >= 0.3 is 0 Å². The predicted octanol–water partition coefficient (Wildman–Crippen LogP) is 2.90. The van der Waals surface area contributed by atoms with Crippen LogP contribution in [0, 0.1) is 6.92 Å². The maximum absolute atomic E-state index is 12.5. The number of likely N-dealkylation sites (N-methyl/N-ethyl adjacent to an activating group) is 1. The van der Waals surface area contributed by atoms with Crippen LogP contribution >= 0.6 is 0 Å². The van der Waals surface area contributed by atoms with Gasteiger partial charge in [0.2, 0.25) is 11.7 Å². The van der Waals surface area contributed by atoms with E-state index in [2.05, 4.69) is 15.0 Å². The van der Waals surface area contributed by atoms with Crippen molar-refractivity contribution in [2.45, 2.75) is 31.9 Å². The van der Waals surface area contributed by atoms with Crippen LogP contribution in [0.2, 0.25) is 0 Å². The van der Waals surface area contributed by atoms with Gasteiger partial charge in [-0.05, 0) is 43.5 Å². The maximum atomic E-state index is 12.5. The van der Waals surface area contributed by atoms with Gasteiger partial charge in [-0.15, -0.1) is 0 Å². The lowest BCUT2D eigenvalue weighted by Gasteiger charge is -2.41. The number of aryl methyl sites for hydroxylation is 1. The molecule has 3 aromatic rings. The number of nitrogens with zero attached hydrogens (tertiary/aromatic N) is 4. The molecule has 0 saturated carbocycles. The first kappa shape index (κ1) is 22.9.